The number of methoxy groups -OCH3 is 1. The Morgan fingerprint density at radius 1 is 1.39 bits per heavy atom. The Balaban J connectivity index is 2.13. The van der Waals surface area contributed by atoms with Gasteiger partial charge in [0.05, 0.1) is 12.7 Å². The lowest BCUT2D eigenvalue weighted by molar-refractivity contribution is 0.0465. The monoisotopic (exact) mass is 359 g/mol. The van der Waals surface area contributed by atoms with Crippen molar-refractivity contribution >= 4 is 29.3 Å². The van der Waals surface area contributed by atoms with E-state index in [0.29, 0.717) is 16.3 Å². The molecular formula is C15H12ClF2NO3S. The first-order chi connectivity index (χ1) is 11.0. The molecule has 2 aromatic rings. The molecule has 0 N–H and O–H groups in total. The zero-order valence-electron chi connectivity index (χ0n) is 12.0. The van der Waals surface area contributed by atoms with E-state index in [1.54, 1.807) is 18.2 Å². The van der Waals surface area contributed by atoms with Crippen LogP contribution in [0.25, 0.3) is 0 Å². The van der Waals surface area contributed by atoms with Crippen LogP contribution in [0.3, 0.4) is 0 Å². The molecule has 23 heavy (non-hydrogen) atoms. The van der Waals surface area contributed by atoms with Gasteiger partial charge in [0.2, 0.25) is 0 Å². The van der Waals surface area contributed by atoms with Gasteiger partial charge in [-0.25, -0.2) is 9.78 Å². The second kappa shape index (κ2) is 8.12. The number of carbonyl (C=O) groups is 1. The fourth-order valence-electron chi connectivity index (χ4n) is 1.81. The first kappa shape index (κ1) is 17.5. The van der Waals surface area contributed by atoms with Gasteiger partial charge in [0.25, 0.3) is 5.76 Å². The number of esters is 1. The molecule has 8 heteroatoms. The van der Waals surface area contributed by atoms with Crippen LogP contribution in [0.2, 0.25) is 5.02 Å². The molecule has 0 aliphatic rings. The molecule has 2 rings (SSSR count). The maximum absolute atomic E-state index is 12.5. The topological polar surface area (TPSA) is 48.4 Å². The molecule has 0 fully saturated rings. The highest BCUT2D eigenvalue weighted by atomic mass is 35.5. The Bertz CT molecular complexity index is 700. The van der Waals surface area contributed by atoms with Gasteiger partial charge in [0.1, 0.15) is 17.4 Å². The minimum absolute atomic E-state index is 0.0150. The molecule has 0 atom stereocenters. The van der Waals surface area contributed by atoms with E-state index >= 15 is 0 Å². The maximum atomic E-state index is 12.5. The number of aromatic nitrogens is 1. The molecule has 0 saturated heterocycles. The summed E-state index contributed by atoms with van der Waals surface area (Å²) in [5.74, 6) is -2.91. The first-order valence-corrected chi connectivity index (χ1v) is 7.66. The SMILES string of the molecule is COc1ccc(Cl)cc1COC(=O)c1cccnc1SC(F)F. The Labute approximate surface area is 140 Å². The molecule has 0 unspecified atom stereocenters. The summed E-state index contributed by atoms with van der Waals surface area (Å²) in [6.45, 7) is -0.101. The van der Waals surface area contributed by atoms with E-state index in [1.165, 1.54) is 25.4 Å². The second-order valence-corrected chi connectivity index (χ2v) is 5.68. The molecule has 0 aliphatic carbocycles. The van der Waals surface area contributed by atoms with Crippen molar-refractivity contribution in [3.05, 3.63) is 52.7 Å². The first-order valence-electron chi connectivity index (χ1n) is 6.40. The van der Waals surface area contributed by atoms with Gasteiger partial charge in [0, 0.05) is 16.8 Å². The number of halogens is 3. The number of nitrogens with zero attached hydrogens (tertiary/aromatic N) is 1. The lowest BCUT2D eigenvalue weighted by Gasteiger charge is -2.11. The Kier molecular flexibility index (Phi) is 6.18. The fraction of sp³-hybridized carbons (Fsp3) is 0.200. The van der Waals surface area contributed by atoms with Gasteiger partial charge in [-0.2, -0.15) is 8.78 Å². The molecule has 0 bridgehead atoms. The molecule has 4 nitrogen and oxygen atoms in total. The number of thioether (sulfide) groups is 1. The third-order valence-electron chi connectivity index (χ3n) is 2.79. The van der Waals surface area contributed by atoms with E-state index in [2.05, 4.69) is 4.98 Å². The van der Waals surface area contributed by atoms with E-state index in [-0.39, 0.29) is 29.0 Å². The minimum atomic E-state index is -2.68. The van der Waals surface area contributed by atoms with Crippen molar-refractivity contribution in [1.82, 2.24) is 4.98 Å². The summed E-state index contributed by atoms with van der Waals surface area (Å²) in [6.07, 6.45) is 1.33. The summed E-state index contributed by atoms with van der Waals surface area (Å²) in [6, 6.07) is 7.75. The average molecular weight is 360 g/mol. The summed E-state index contributed by atoms with van der Waals surface area (Å²) < 4.78 is 35.3. The number of ether oxygens (including phenoxy) is 2. The molecule has 1 aromatic heterocycles. The van der Waals surface area contributed by atoms with Crippen molar-refractivity contribution in [3.63, 3.8) is 0 Å². The van der Waals surface area contributed by atoms with Crippen LogP contribution in [0.4, 0.5) is 8.78 Å². The number of hydrogen-bond acceptors (Lipinski definition) is 5. The van der Waals surface area contributed by atoms with Crippen molar-refractivity contribution < 1.29 is 23.0 Å². The van der Waals surface area contributed by atoms with Crippen LogP contribution in [0.15, 0.2) is 41.6 Å². The van der Waals surface area contributed by atoms with E-state index in [4.69, 9.17) is 21.1 Å². The molecule has 0 radical (unpaired) electrons. The van der Waals surface area contributed by atoms with Gasteiger partial charge in [-0.15, -0.1) is 0 Å². The molecule has 0 amide bonds. The van der Waals surface area contributed by atoms with Crippen molar-refractivity contribution in [2.75, 3.05) is 7.11 Å². The number of pyridine rings is 1. The lowest BCUT2D eigenvalue weighted by atomic mass is 10.2. The summed E-state index contributed by atoms with van der Waals surface area (Å²) in [5.41, 5.74) is 0.555. The number of benzene rings is 1. The predicted octanol–water partition coefficient (Wildman–Crippen LogP) is 4.42. The average Bonchev–Trinajstić information content (AvgIpc) is 2.52. The predicted molar refractivity (Wildman–Crippen MR) is 83.2 cm³/mol. The number of hydrogen-bond donors (Lipinski definition) is 0. The molecule has 0 spiro atoms. The fourth-order valence-corrected chi connectivity index (χ4v) is 2.57. The normalized spacial score (nSPS) is 10.7. The summed E-state index contributed by atoms with van der Waals surface area (Å²) in [5, 5.41) is 0.387. The summed E-state index contributed by atoms with van der Waals surface area (Å²) >= 11 is 6.09. The van der Waals surface area contributed by atoms with E-state index in [0.717, 1.165) is 0 Å². The van der Waals surface area contributed by atoms with Gasteiger partial charge in [-0.1, -0.05) is 11.6 Å². The number of carbonyl (C=O) groups excluding carboxylic acids is 1. The Morgan fingerprint density at radius 3 is 2.87 bits per heavy atom. The molecule has 122 valence electrons. The van der Waals surface area contributed by atoms with Crippen molar-refractivity contribution in [2.24, 2.45) is 0 Å². The van der Waals surface area contributed by atoms with Crippen LogP contribution < -0.4 is 4.74 Å². The van der Waals surface area contributed by atoms with Gasteiger partial charge >= 0.3 is 5.97 Å². The summed E-state index contributed by atoms with van der Waals surface area (Å²) in [7, 11) is 1.48. The highest BCUT2D eigenvalue weighted by Gasteiger charge is 2.18. The van der Waals surface area contributed by atoms with Crippen molar-refractivity contribution in [2.45, 2.75) is 17.4 Å². The zero-order valence-corrected chi connectivity index (χ0v) is 13.5. The van der Waals surface area contributed by atoms with Crippen molar-refractivity contribution in [1.29, 1.82) is 0 Å². The third kappa shape index (κ3) is 4.80. The van der Waals surface area contributed by atoms with Gasteiger partial charge in [0.15, 0.2) is 0 Å². The van der Waals surface area contributed by atoms with Crippen LogP contribution >= 0.6 is 23.4 Å². The van der Waals surface area contributed by atoms with Crippen LogP contribution in [-0.2, 0) is 11.3 Å². The van der Waals surface area contributed by atoms with Crippen LogP contribution in [0.1, 0.15) is 15.9 Å². The van der Waals surface area contributed by atoms with Gasteiger partial charge in [-0.05, 0) is 42.1 Å². The largest absolute Gasteiger partial charge is 0.496 e. The lowest BCUT2D eigenvalue weighted by Crippen LogP contribution is -2.08. The quantitative estimate of drug-likeness (QED) is 0.564. The Morgan fingerprint density at radius 2 is 2.17 bits per heavy atom. The zero-order chi connectivity index (χ0) is 16.8. The smallest absolute Gasteiger partial charge is 0.341 e. The standard InChI is InChI=1S/C15H12ClF2NO3S/c1-21-12-5-4-10(16)7-9(12)8-22-14(20)11-3-2-6-19-13(11)23-15(17)18/h2-7,15H,8H2,1H3. The molecular weight excluding hydrogens is 348 g/mol. The van der Waals surface area contributed by atoms with Crippen LogP contribution in [0.5, 0.6) is 5.75 Å². The highest BCUT2D eigenvalue weighted by molar-refractivity contribution is 7.99. The molecule has 0 aliphatic heterocycles. The van der Waals surface area contributed by atoms with Gasteiger partial charge in [-0.3, -0.25) is 0 Å². The highest BCUT2D eigenvalue weighted by Crippen LogP contribution is 2.28. The van der Waals surface area contributed by atoms with Crippen LogP contribution in [-0.4, -0.2) is 23.8 Å². The molecule has 0 saturated carbocycles. The van der Waals surface area contributed by atoms with E-state index in [9.17, 15) is 13.6 Å². The van der Waals surface area contributed by atoms with Gasteiger partial charge < -0.3 is 9.47 Å². The molecule has 1 aromatic carbocycles. The Hall–Kier alpha value is -1.86. The maximum Gasteiger partial charge on any atom is 0.341 e. The number of alkyl halides is 2. The minimum Gasteiger partial charge on any atom is -0.496 e. The van der Waals surface area contributed by atoms with E-state index in [1.807, 2.05) is 0 Å². The van der Waals surface area contributed by atoms with Crippen LogP contribution in [0, 0.1) is 0 Å². The second-order valence-electron chi connectivity index (χ2n) is 4.27. The third-order valence-corrected chi connectivity index (χ3v) is 3.75. The van der Waals surface area contributed by atoms with Crippen molar-refractivity contribution in [3.8, 4) is 5.75 Å². The van der Waals surface area contributed by atoms with E-state index < -0.39 is 11.7 Å². The molecule has 1 heterocycles. The summed E-state index contributed by atoms with van der Waals surface area (Å²) in [4.78, 5) is 15.9. The number of rotatable bonds is 6.